The number of ether oxygens (including phenoxy) is 1. The summed E-state index contributed by atoms with van der Waals surface area (Å²) in [5.74, 6) is 0.329. The monoisotopic (exact) mass is 424 g/mol. The third-order valence-corrected chi connectivity index (χ3v) is 6.44. The van der Waals surface area contributed by atoms with Gasteiger partial charge in [0.05, 0.1) is 29.8 Å². The Morgan fingerprint density at radius 2 is 2.13 bits per heavy atom. The van der Waals surface area contributed by atoms with Crippen molar-refractivity contribution in [1.82, 2.24) is 15.3 Å². The van der Waals surface area contributed by atoms with E-state index < -0.39 is 0 Å². The molecule has 2 aliphatic heterocycles. The highest BCUT2D eigenvalue weighted by atomic mass is 32.1. The molecule has 1 aromatic carbocycles. The Morgan fingerprint density at radius 3 is 2.93 bits per heavy atom. The van der Waals surface area contributed by atoms with Crippen LogP contribution in [0.3, 0.4) is 0 Å². The first kappa shape index (κ1) is 19.0. The molecule has 2 aliphatic rings. The van der Waals surface area contributed by atoms with Crippen LogP contribution in [-0.2, 0) is 6.42 Å². The van der Waals surface area contributed by atoms with Gasteiger partial charge in [0.25, 0.3) is 5.91 Å². The van der Waals surface area contributed by atoms with Gasteiger partial charge in [-0.25, -0.2) is 9.37 Å². The van der Waals surface area contributed by atoms with Gasteiger partial charge in [-0.3, -0.25) is 9.78 Å². The van der Waals surface area contributed by atoms with Crippen molar-refractivity contribution in [3.8, 4) is 17.0 Å². The molecule has 3 aromatic rings. The number of hydrogen-bond donors (Lipinski definition) is 1. The van der Waals surface area contributed by atoms with Gasteiger partial charge in [-0.05, 0) is 50.6 Å². The Hall–Kier alpha value is -3.00. The smallest absolute Gasteiger partial charge is 0.263 e. The average Bonchev–Trinajstić information content (AvgIpc) is 3.10. The van der Waals surface area contributed by atoms with Crippen LogP contribution in [0, 0.1) is 12.7 Å². The molecule has 2 aromatic heterocycles. The van der Waals surface area contributed by atoms with Crippen molar-refractivity contribution in [2.24, 2.45) is 0 Å². The minimum atomic E-state index is -0.353. The maximum Gasteiger partial charge on any atom is 0.263 e. The van der Waals surface area contributed by atoms with Crippen LogP contribution < -0.4 is 15.0 Å². The molecule has 0 fully saturated rings. The Bertz CT molecular complexity index is 1170. The summed E-state index contributed by atoms with van der Waals surface area (Å²) in [4.78, 5) is 24.4. The molecule has 5 rings (SSSR count). The molecular weight excluding hydrogens is 403 g/mol. The topological polar surface area (TPSA) is 67.4 Å². The van der Waals surface area contributed by atoms with Crippen LogP contribution in [0.15, 0.2) is 30.5 Å². The molecule has 0 unspecified atom stereocenters. The standard InChI is InChI=1S/C22H21FN4O2S/c1-12-8-14(23)11-24-18(12)13-4-5-17-16(9-13)27(6-7-29-17)21-25-15-10-22(2,3)26-20(28)19(15)30-21/h4-5,8-9,11H,6-7,10H2,1-3H3,(H,26,28). The lowest BCUT2D eigenvalue weighted by atomic mass is 9.94. The first-order valence-corrected chi connectivity index (χ1v) is 10.6. The number of aromatic nitrogens is 2. The number of nitrogens with one attached hydrogen (secondary N) is 1. The summed E-state index contributed by atoms with van der Waals surface area (Å²) >= 11 is 1.40. The lowest BCUT2D eigenvalue weighted by molar-refractivity contribution is 0.0901. The van der Waals surface area contributed by atoms with E-state index in [0.717, 1.165) is 39.1 Å². The number of carbonyl (C=O) groups is 1. The zero-order valence-corrected chi connectivity index (χ0v) is 17.8. The van der Waals surface area contributed by atoms with Crippen LogP contribution in [0.1, 0.15) is 34.8 Å². The number of fused-ring (bicyclic) bond motifs is 2. The number of amides is 1. The van der Waals surface area contributed by atoms with Crippen molar-refractivity contribution in [2.75, 3.05) is 18.1 Å². The Labute approximate surface area is 177 Å². The molecule has 30 heavy (non-hydrogen) atoms. The number of benzene rings is 1. The van der Waals surface area contributed by atoms with Gasteiger partial charge in [-0.1, -0.05) is 11.3 Å². The van der Waals surface area contributed by atoms with Gasteiger partial charge in [-0.15, -0.1) is 0 Å². The van der Waals surface area contributed by atoms with Gasteiger partial charge < -0.3 is 15.0 Å². The zero-order chi connectivity index (χ0) is 21.0. The van der Waals surface area contributed by atoms with E-state index in [9.17, 15) is 9.18 Å². The number of hydrogen-bond acceptors (Lipinski definition) is 6. The molecule has 6 nitrogen and oxygen atoms in total. The fraction of sp³-hybridized carbons (Fsp3) is 0.318. The fourth-order valence-electron chi connectivity index (χ4n) is 3.99. The van der Waals surface area contributed by atoms with E-state index >= 15 is 0 Å². The van der Waals surface area contributed by atoms with E-state index in [1.807, 2.05) is 39.0 Å². The second-order valence-electron chi connectivity index (χ2n) is 8.29. The molecule has 0 spiro atoms. The number of carbonyl (C=O) groups excluding carboxylic acids is 1. The lowest BCUT2D eigenvalue weighted by Crippen LogP contribution is -2.48. The number of halogens is 1. The molecule has 0 atom stereocenters. The van der Waals surface area contributed by atoms with E-state index in [2.05, 4.69) is 15.2 Å². The molecule has 1 amide bonds. The van der Waals surface area contributed by atoms with E-state index in [1.54, 1.807) is 0 Å². The lowest BCUT2D eigenvalue weighted by Gasteiger charge is -2.30. The van der Waals surface area contributed by atoms with Crippen molar-refractivity contribution in [2.45, 2.75) is 32.7 Å². The Kier molecular flexibility index (Phi) is 4.28. The predicted octanol–water partition coefficient (Wildman–Crippen LogP) is 4.25. The van der Waals surface area contributed by atoms with Gasteiger partial charge in [0, 0.05) is 17.5 Å². The van der Waals surface area contributed by atoms with Crippen molar-refractivity contribution in [3.63, 3.8) is 0 Å². The fourth-order valence-corrected chi connectivity index (χ4v) is 5.00. The van der Waals surface area contributed by atoms with Crippen LogP contribution >= 0.6 is 11.3 Å². The molecule has 0 bridgehead atoms. The summed E-state index contributed by atoms with van der Waals surface area (Å²) in [6.07, 6.45) is 1.92. The molecule has 154 valence electrons. The molecule has 1 N–H and O–H groups in total. The van der Waals surface area contributed by atoms with Crippen molar-refractivity contribution >= 4 is 28.1 Å². The van der Waals surface area contributed by atoms with Crippen LogP contribution in [0.4, 0.5) is 15.2 Å². The third-order valence-electron chi connectivity index (χ3n) is 5.33. The summed E-state index contributed by atoms with van der Waals surface area (Å²) in [7, 11) is 0. The molecule has 0 saturated heterocycles. The van der Waals surface area contributed by atoms with E-state index in [-0.39, 0.29) is 17.3 Å². The highest BCUT2D eigenvalue weighted by molar-refractivity contribution is 7.17. The summed E-state index contributed by atoms with van der Waals surface area (Å²) in [5, 5.41) is 3.81. The van der Waals surface area contributed by atoms with Gasteiger partial charge >= 0.3 is 0 Å². The maximum absolute atomic E-state index is 13.5. The highest BCUT2D eigenvalue weighted by Crippen LogP contribution is 2.42. The molecule has 0 aliphatic carbocycles. The van der Waals surface area contributed by atoms with E-state index in [0.29, 0.717) is 24.4 Å². The number of aryl methyl sites for hydroxylation is 1. The number of thiazole rings is 1. The van der Waals surface area contributed by atoms with Crippen LogP contribution in [-0.4, -0.2) is 34.6 Å². The molecule has 8 heteroatoms. The number of anilines is 2. The third kappa shape index (κ3) is 3.21. The van der Waals surface area contributed by atoms with Crippen molar-refractivity contribution < 1.29 is 13.9 Å². The van der Waals surface area contributed by atoms with Gasteiger partial charge in [0.1, 0.15) is 23.1 Å². The Morgan fingerprint density at radius 1 is 1.30 bits per heavy atom. The minimum absolute atomic E-state index is 0.0710. The Balaban J connectivity index is 1.57. The van der Waals surface area contributed by atoms with Crippen LogP contribution in [0.2, 0.25) is 0 Å². The van der Waals surface area contributed by atoms with E-state index in [4.69, 9.17) is 9.72 Å². The average molecular weight is 425 g/mol. The molecule has 0 saturated carbocycles. The predicted molar refractivity (Wildman–Crippen MR) is 114 cm³/mol. The normalized spacial score (nSPS) is 17.1. The van der Waals surface area contributed by atoms with Crippen LogP contribution in [0.25, 0.3) is 11.3 Å². The van der Waals surface area contributed by atoms with Gasteiger partial charge in [0.2, 0.25) is 0 Å². The summed E-state index contributed by atoms with van der Waals surface area (Å²) in [5.41, 5.74) is 3.77. The quantitative estimate of drug-likeness (QED) is 0.666. The second-order valence-corrected chi connectivity index (χ2v) is 9.27. The van der Waals surface area contributed by atoms with Gasteiger partial charge in [0.15, 0.2) is 5.13 Å². The minimum Gasteiger partial charge on any atom is -0.490 e. The SMILES string of the molecule is Cc1cc(F)cnc1-c1ccc2c(c1)N(c1nc3c(s1)C(=O)NC(C)(C)C3)CCO2. The van der Waals surface area contributed by atoms with Crippen LogP contribution in [0.5, 0.6) is 5.75 Å². The first-order chi connectivity index (χ1) is 14.3. The largest absolute Gasteiger partial charge is 0.490 e. The highest BCUT2D eigenvalue weighted by Gasteiger charge is 2.34. The second kappa shape index (κ2) is 6.77. The molecule has 0 radical (unpaired) electrons. The molecular formula is C22H21FN4O2S. The molecule has 4 heterocycles. The summed E-state index contributed by atoms with van der Waals surface area (Å²) < 4.78 is 19.3. The van der Waals surface area contributed by atoms with Gasteiger partial charge in [-0.2, -0.15) is 0 Å². The van der Waals surface area contributed by atoms with Crippen molar-refractivity contribution in [1.29, 1.82) is 0 Å². The zero-order valence-electron chi connectivity index (χ0n) is 17.0. The first-order valence-electron chi connectivity index (χ1n) is 9.80. The summed E-state index contributed by atoms with van der Waals surface area (Å²) in [6, 6.07) is 7.31. The number of rotatable bonds is 2. The maximum atomic E-state index is 13.5. The van der Waals surface area contributed by atoms with Crippen molar-refractivity contribution in [3.05, 3.63) is 52.4 Å². The van der Waals surface area contributed by atoms with E-state index in [1.165, 1.54) is 23.6 Å². The number of nitrogens with zero attached hydrogens (tertiary/aromatic N) is 3. The summed E-state index contributed by atoms with van der Waals surface area (Å²) in [6.45, 7) is 7.00. The number of pyridine rings is 1.